The van der Waals surface area contributed by atoms with Crippen molar-refractivity contribution in [1.82, 2.24) is 0 Å². The molecule has 0 spiro atoms. The van der Waals surface area contributed by atoms with Crippen molar-refractivity contribution < 1.29 is 19.2 Å². The topological polar surface area (TPSA) is 104 Å². The normalized spacial score (nSPS) is 32.7. The molecule has 32 heavy (non-hydrogen) atoms. The molecule has 2 aliphatic heterocycles. The maximum atomic E-state index is 13.2. The Morgan fingerprint density at radius 1 is 0.844 bits per heavy atom. The molecule has 1 saturated heterocycles. The molecule has 4 aliphatic rings. The van der Waals surface area contributed by atoms with Gasteiger partial charge in [0.1, 0.15) is 5.69 Å². The standard InChI is InChI=1S/C24H23N3O5/c1-13-4-2-3-5-19(28)26(20(29)8-13)17-10-16(25-32)11-18(12-17)27-23(30)21-14-6-7-15(9-14)22(21)24(27)31/h2,4,6-7,10-15,21-22H,3,5,8-9H2,1H3/b4-2-. The Balaban J connectivity index is 1.54. The largest absolute Gasteiger partial charge is 0.274 e. The Morgan fingerprint density at radius 3 is 2.09 bits per heavy atom. The Kier molecular flexibility index (Phi) is 4.87. The second-order valence-corrected chi connectivity index (χ2v) is 9.08. The van der Waals surface area contributed by atoms with E-state index < -0.39 is 23.7 Å². The molecule has 5 unspecified atom stereocenters. The Bertz CT molecular complexity index is 1060. The Labute approximate surface area is 184 Å². The van der Waals surface area contributed by atoms with E-state index in [0.717, 1.165) is 16.2 Å². The molecular formula is C24H23N3O5. The van der Waals surface area contributed by atoms with Crippen molar-refractivity contribution in [2.24, 2.45) is 34.8 Å². The number of carbonyl (C=O) groups is 4. The van der Waals surface area contributed by atoms with Crippen molar-refractivity contribution >= 4 is 40.7 Å². The zero-order chi connectivity index (χ0) is 22.6. The monoisotopic (exact) mass is 433 g/mol. The number of nitrogens with zero attached hydrogens (tertiary/aromatic N) is 3. The number of imide groups is 2. The van der Waals surface area contributed by atoms with E-state index in [4.69, 9.17) is 0 Å². The minimum Gasteiger partial charge on any atom is -0.274 e. The van der Waals surface area contributed by atoms with E-state index in [2.05, 4.69) is 5.18 Å². The van der Waals surface area contributed by atoms with Crippen LogP contribution >= 0.6 is 0 Å². The molecule has 8 heteroatoms. The van der Waals surface area contributed by atoms with Crippen LogP contribution < -0.4 is 9.80 Å². The minimum atomic E-state index is -0.402. The van der Waals surface area contributed by atoms with Crippen molar-refractivity contribution in [2.45, 2.75) is 32.6 Å². The summed E-state index contributed by atoms with van der Waals surface area (Å²) in [6.45, 7) is 1.89. The number of carbonyl (C=O) groups excluding carboxylic acids is 4. The number of fused-ring (bicyclic) bond motifs is 5. The molecular weight excluding hydrogens is 410 g/mol. The van der Waals surface area contributed by atoms with Crippen molar-refractivity contribution in [1.29, 1.82) is 0 Å². The van der Waals surface area contributed by atoms with E-state index in [1.807, 2.05) is 31.2 Å². The number of anilines is 2. The maximum Gasteiger partial charge on any atom is 0.238 e. The second-order valence-electron chi connectivity index (χ2n) is 9.08. The van der Waals surface area contributed by atoms with Crippen LogP contribution in [0, 0.1) is 34.5 Å². The van der Waals surface area contributed by atoms with Crippen molar-refractivity contribution in [3.63, 3.8) is 0 Å². The average molecular weight is 433 g/mol. The summed E-state index contributed by atoms with van der Waals surface area (Å²) in [5, 5.41) is 2.97. The molecule has 2 aliphatic carbocycles. The molecule has 2 fully saturated rings. The summed E-state index contributed by atoms with van der Waals surface area (Å²) in [6.07, 6.45) is 9.36. The first-order chi connectivity index (χ1) is 15.4. The fourth-order valence-electron chi connectivity index (χ4n) is 5.56. The van der Waals surface area contributed by atoms with Gasteiger partial charge in [-0.2, -0.15) is 0 Å². The van der Waals surface area contributed by atoms with Gasteiger partial charge in [0, 0.05) is 12.8 Å². The molecule has 0 N–H and O–H groups in total. The third-order valence-corrected chi connectivity index (χ3v) is 6.96. The van der Waals surface area contributed by atoms with E-state index in [1.54, 1.807) is 0 Å². The summed E-state index contributed by atoms with van der Waals surface area (Å²) in [5.41, 5.74) is 0.274. The summed E-state index contributed by atoms with van der Waals surface area (Å²) in [6, 6.07) is 4.17. The number of hydrogen-bond donors (Lipinski definition) is 0. The fourth-order valence-corrected chi connectivity index (χ4v) is 5.56. The van der Waals surface area contributed by atoms with Crippen LogP contribution in [-0.2, 0) is 19.2 Å². The number of hydrogen-bond acceptors (Lipinski definition) is 6. The van der Waals surface area contributed by atoms with Crippen molar-refractivity contribution in [2.75, 3.05) is 9.80 Å². The van der Waals surface area contributed by atoms with E-state index >= 15 is 0 Å². The van der Waals surface area contributed by atoms with Gasteiger partial charge >= 0.3 is 0 Å². The molecule has 5 atom stereocenters. The smallest absolute Gasteiger partial charge is 0.238 e. The summed E-state index contributed by atoms with van der Waals surface area (Å²) >= 11 is 0. The second kappa shape index (κ2) is 7.62. The molecule has 5 rings (SSSR count). The minimum absolute atomic E-state index is 0.0492. The quantitative estimate of drug-likeness (QED) is 0.411. The van der Waals surface area contributed by atoms with Crippen LogP contribution in [0.3, 0.4) is 0 Å². The molecule has 0 radical (unpaired) electrons. The lowest BCUT2D eigenvalue weighted by Gasteiger charge is -2.24. The van der Waals surface area contributed by atoms with Gasteiger partial charge in [0.2, 0.25) is 23.6 Å². The van der Waals surface area contributed by atoms with Gasteiger partial charge in [-0.05, 0) is 54.0 Å². The lowest BCUT2D eigenvalue weighted by molar-refractivity contribution is -0.127. The first-order valence-electron chi connectivity index (χ1n) is 11.0. The van der Waals surface area contributed by atoms with Crippen LogP contribution in [0.5, 0.6) is 0 Å². The number of rotatable bonds is 3. The first-order valence-corrected chi connectivity index (χ1v) is 11.0. The van der Waals surface area contributed by atoms with Crippen molar-refractivity contribution in [3.05, 3.63) is 47.4 Å². The van der Waals surface area contributed by atoms with Crippen LogP contribution in [0.4, 0.5) is 17.1 Å². The highest BCUT2D eigenvalue weighted by molar-refractivity contribution is 6.23. The molecule has 1 aromatic carbocycles. The highest BCUT2D eigenvalue weighted by Crippen LogP contribution is 2.53. The van der Waals surface area contributed by atoms with Gasteiger partial charge in [0.25, 0.3) is 0 Å². The van der Waals surface area contributed by atoms with Crippen LogP contribution in [0.2, 0.25) is 0 Å². The molecule has 0 aromatic heterocycles. The molecule has 1 aromatic rings. The lowest BCUT2D eigenvalue weighted by atomic mass is 9.85. The summed E-state index contributed by atoms with van der Waals surface area (Å²) < 4.78 is 0. The van der Waals surface area contributed by atoms with Gasteiger partial charge < -0.3 is 0 Å². The van der Waals surface area contributed by atoms with Gasteiger partial charge in [-0.15, -0.1) is 4.91 Å². The van der Waals surface area contributed by atoms with Gasteiger partial charge in [0.05, 0.1) is 23.2 Å². The number of amides is 4. The van der Waals surface area contributed by atoms with E-state index in [-0.39, 0.29) is 59.5 Å². The molecule has 8 nitrogen and oxygen atoms in total. The van der Waals surface area contributed by atoms with Crippen LogP contribution in [0.15, 0.2) is 47.7 Å². The lowest BCUT2D eigenvalue weighted by Crippen LogP contribution is -2.38. The van der Waals surface area contributed by atoms with Crippen LogP contribution in [0.25, 0.3) is 0 Å². The van der Waals surface area contributed by atoms with Gasteiger partial charge in [-0.25, -0.2) is 4.90 Å². The average Bonchev–Trinajstić information content (AvgIpc) is 3.45. The zero-order valence-corrected chi connectivity index (χ0v) is 17.6. The molecule has 2 bridgehead atoms. The fraction of sp³-hybridized carbons (Fsp3) is 0.417. The maximum absolute atomic E-state index is 13.2. The van der Waals surface area contributed by atoms with Gasteiger partial charge in [-0.1, -0.05) is 31.2 Å². The summed E-state index contributed by atoms with van der Waals surface area (Å²) in [5.74, 6) is -2.14. The van der Waals surface area contributed by atoms with E-state index in [1.165, 1.54) is 18.2 Å². The number of allylic oxidation sites excluding steroid dienone is 4. The number of benzene rings is 1. The molecule has 164 valence electrons. The number of nitroso groups, excluding NO2 is 1. The molecule has 2 heterocycles. The predicted octanol–water partition coefficient (Wildman–Crippen LogP) is 3.63. The summed E-state index contributed by atoms with van der Waals surface area (Å²) in [7, 11) is 0. The molecule has 4 amide bonds. The van der Waals surface area contributed by atoms with Crippen molar-refractivity contribution in [3.8, 4) is 0 Å². The molecule has 1 saturated carbocycles. The summed E-state index contributed by atoms with van der Waals surface area (Å²) in [4.78, 5) is 65.8. The highest BCUT2D eigenvalue weighted by atomic mass is 16.3. The predicted molar refractivity (Wildman–Crippen MR) is 117 cm³/mol. The highest BCUT2D eigenvalue weighted by Gasteiger charge is 2.59. The van der Waals surface area contributed by atoms with E-state index in [0.29, 0.717) is 6.42 Å². The zero-order valence-electron chi connectivity index (χ0n) is 17.6. The van der Waals surface area contributed by atoms with Crippen LogP contribution in [-0.4, -0.2) is 23.6 Å². The third-order valence-electron chi connectivity index (χ3n) is 6.96. The Hall–Kier alpha value is -3.42. The van der Waals surface area contributed by atoms with Crippen LogP contribution in [0.1, 0.15) is 32.6 Å². The SMILES string of the molecule is CC1/C=C\CCC(=O)N(c2cc(N=O)cc(N3C(=O)C4C5C=CC(C5)C4C3=O)c2)C(=O)C1. The van der Waals surface area contributed by atoms with E-state index in [9.17, 15) is 24.1 Å². The third kappa shape index (κ3) is 3.13. The van der Waals surface area contributed by atoms with Gasteiger partial charge in [0.15, 0.2) is 0 Å². The Morgan fingerprint density at radius 2 is 1.47 bits per heavy atom. The van der Waals surface area contributed by atoms with Gasteiger partial charge in [-0.3, -0.25) is 24.1 Å². The first kappa shape index (κ1) is 20.5.